The average Bonchev–Trinajstić information content (AvgIpc) is 3.60. The van der Waals surface area contributed by atoms with Gasteiger partial charge < -0.3 is 23.9 Å². The third-order valence-electron chi connectivity index (χ3n) is 5.92. The molecule has 12 heteroatoms. The zero-order chi connectivity index (χ0) is 27.9. The van der Waals surface area contributed by atoms with Gasteiger partial charge >= 0.3 is 23.8 Å². The van der Waals surface area contributed by atoms with E-state index in [-0.39, 0.29) is 23.9 Å². The number of nitrogens with zero attached hydrogens (tertiary/aromatic N) is 1. The maximum Gasteiger partial charge on any atom is 0.379 e. The molecule has 11 nitrogen and oxygen atoms in total. The van der Waals surface area contributed by atoms with E-state index in [0.717, 1.165) is 36.1 Å². The van der Waals surface area contributed by atoms with Crippen molar-refractivity contribution < 1.29 is 37.8 Å². The fourth-order valence-electron chi connectivity index (χ4n) is 4.00. The van der Waals surface area contributed by atoms with Crippen LogP contribution in [0.2, 0.25) is 0 Å². The second-order valence-corrected chi connectivity index (χ2v) is 9.57. The normalized spacial score (nSPS) is 12.7. The van der Waals surface area contributed by atoms with Crippen LogP contribution in [0.3, 0.4) is 0 Å². The van der Waals surface area contributed by atoms with Crippen LogP contribution in [-0.2, 0) is 27.2 Å². The summed E-state index contributed by atoms with van der Waals surface area (Å²) in [6, 6.07) is 7.73. The number of benzene rings is 1. The van der Waals surface area contributed by atoms with Crippen LogP contribution < -0.4 is 20.2 Å². The lowest BCUT2D eigenvalue weighted by atomic mass is 9.95. The van der Waals surface area contributed by atoms with Crippen molar-refractivity contribution >= 4 is 45.8 Å². The molecule has 0 atom stereocenters. The molecule has 0 saturated carbocycles. The van der Waals surface area contributed by atoms with Crippen LogP contribution >= 0.6 is 11.3 Å². The van der Waals surface area contributed by atoms with Crippen molar-refractivity contribution in [2.75, 3.05) is 19.0 Å². The summed E-state index contributed by atoms with van der Waals surface area (Å²) in [7, 11) is 1.41. The number of esters is 2. The average molecular weight is 554 g/mol. The number of methoxy groups -OCH3 is 1. The number of thiophene rings is 1. The lowest BCUT2D eigenvalue weighted by Crippen LogP contribution is -2.33. The number of furan rings is 1. The van der Waals surface area contributed by atoms with Crippen LogP contribution in [0.5, 0.6) is 11.5 Å². The second-order valence-electron chi connectivity index (χ2n) is 8.46. The highest BCUT2D eigenvalue weighted by atomic mass is 32.1. The monoisotopic (exact) mass is 553 g/mol. The highest BCUT2D eigenvalue weighted by molar-refractivity contribution is 7.17. The second kappa shape index (κ2) is 12.4. The van der Waals surface area contributed by atoms with Crippen LogP contribution in [0.25, 0.3) is 0 Å². The molecule has 0 saturated heterocycles. The fourth-order valence-corrected chi connectivity index (χ4v) is 5.28. The Morgan fingerprint density at radius 1 is 1.05 bits per heavy atom. The van der Waals surface area contributed by atoms with Gasteiger partial charge in [0.25, 0.3) is 0 Å². The molecule has 4 rings (SSSR count). The minimum Gasteiger partial charge on any atom is -0.493 e. The Kier molecular flexibility index (Phi) is 8.77. The van der Waals surface area contributed by atoms with Crippen LogP contribution in [-0.4, -0.2) is 43.2 Å². The molecule has 1 aromatic carbocycles. The molecule has 3 aromatic rings. The molecule has 39 heavy (non-hydrogen) atoms. The number of nitrogens with one attached hydrogen (secondary N) is 2. The molecular weight excluding hydrogens is 526 g/mol. The lowest BCUT2D eigenvalue weighted by Gasteiger charge is -2.12. The topological polar surface area (TPSA) is 146 Å². The smallest absolute Gasteiger partial charge is 0.379 e. The number of amides is 2. The van der Waals surface area contributed by atoms with Crippen LogP contribution in [0.15, 0.2) is 46.1 Å². The number of fused-ring (bicyclic) bond motifs is 1. The third kappa shape index (κ3) is 6.34. The van der Waals surface area contributed by atoms with Gasteiger partial charge in [0.05, 0.1) is 31.3 Å². The van der Waals surface area contributed by atoms with Crippen molar-refractivity contribution in [3.63, 3.8) is 0 Å². The molecule has 1 aliphatic rings. The number of hydrazone groups is 1. The Balaban J connectivity index is 1.43. The van der Waals surface area contributed by atoms with Gasteiger partial charge in [-0.3, -0.25) is 9.59 Å². The van der Waals surface area contributed by atoms with Gasteiger partial charge in [0.2, 0.25) is 5.76 Å². The van der Waals surface area contributed by atoms with E-state index in [0.29, 0.717) is 21.8 Å². The predicted octanol–water partition coefficient (Wildman–Crippen LogP) is 4.10. The highest BCUT2D eigenvalue weighted by Gasteiger charge is 2.28. The van der Waals surface area contributed by atoms with Crippen molar-refractivity contribution in [3.8, 4) is 11.5 Å². The third-order valence-corrected chi connectivity index (χ3v) is 7.12. The molecule has 2 amide bonds. The Bertz CT molecular complexity index is 1420. The van der Waals surface area contributed by atoms with Gasteiger partial charge in [0, 0.05) is 10.4 Å². The summed E-state index contributed by atoms with van der Waals surface area (Å²) in [5.41, 5.74) is 4.32. The molecule has 2 heterocycles. The van der Waals surface area contributed by atoms with Crippen LogP contribution in [0.1, 0.15) is 63.6 Å². The molecule has 2 N–H and O–H groups in total. The molecule has 2 aromatic heterocycles. The Morgan fingerprint density at radius 3 is 2.56 bits per heavy atom. The summed E-state index contributed by atoms with van der Waals surface area (Å²) in [6.45, 7) is 3.52. The Hall–Kier alpha value is -4.45. The van der Waals surface area contributed by atoms with E-state index in [4.69, 9.17) is 18.6 Å². The van der Waals surface area contributed by atoms with Crippen molar-refractivity contribution in [1.82, 2.24) is 5.43 Å². The van der Waals surface area contributed by atoms with Crippen molar-refractivity contribution in [3.05, 3.63) is 63.9 Å². The number of carbonyl (C=O) groups excluding carboxylic acids is 4. The number of ether oxygens (including phenoxy) is 3. The van der Waals surface area contributed by atoms with E-state index in [1.165, 1.54) is 36.8 Å². The summed E-state index contributed by atoms with van der Waals surface area (Å²) in [6.07, 6.45) is 4.82. The fraction of sp³-hybridized carbons (Fsp3) is 0.296. The van der Waals surface area contributed by atoms with Gasteiger partial charge in [-0.1, -0.05) is 0 Å². The van der Waals surface area contributed by atoms with Gasteiger partial charge in [-0.25, -0.2) is 15.0 Å². The first-order chi connectivity index (χ1) is 18.8. The molecule has 1 aliphatic carbocycles. The first-order valence-electron chi connectivity index (χ1n) is 12.2. The Morgan fingerprint density at radius 2 is 1.85 bits per heavy atom. The molecular formula is C27H27N3O8S. The first-order valence-corrected chi connectivity index (χ1v) is 13.0. The zero-order valence-electron chi connectivity index (χ0n) is 21.6. The standard InChI is InChI=1S/C27H27N3O8S/c1-4-36-27(34)22-17-8-5-6-10-21(17)39-25(22)28-23(31)24(32)30-29-15(2)16-11-12-18(20(14-16)35-3)38-26(33)19-9-7-13-37-19/h7,9,11-14H,4-6,8,10H2,1-3H3,(H,28,31)(H,30,32). The zero-order valence-corrected chi connectivity index (χ0v) is 22.4. The minimum atomic E-state index is -1.01. The number of rotatable bonds is 8. The summed E-state index contributed by atoms with van der Waals surface area (Å²) in [5.74, 6) is -2.73. The van der Waals surface area contributed by atoms with Gasteiger partial charge in [0.15, 0.2) is 11.5 Å². The van der Waals surface area contributed by atoms with Gasteiger partial charge in [-0.05, 0) is 75.4 Å². The highest BCUT2D eigenvalue weighted by Crippen LogP contribution is 2.38. The SMILES string of the molecule is CCOC(=O)c1c(NC(=O)C(=O)NN=C(C)c2ccc(OC(=O)c3ccco3)c(OC)c2)sc2c1CCCC2. The van der Waals surface area contributed by atoms with Crippen molar-refractivity contribution in [2.45, 2.75) is 39.5 Å². The van der Waals surface area contributed by atoms with Gasteiger partial charge in [0.1, 0.15) is 5.00 Å². The van der Waals surface area contributed by atoms with E-state index in [2.05, 4.69) is 15.8 Å². The van der Waals surface area contributed by atoms with E-state index in [9.17, 15) is 19.2 Å². The van der Waals surface area contributed by atoms with Crippen LogP contribution in [0, 0.1) is 0 Å². The molecule has 0 bridgehead atoms. The maximum absolute atomic E-state index is 12.6. The summed E-state index contributed by atoms with van der Waals surface area (Å²) in [4.78, 5) is 50.9. The number of hydrogen-bond donors (Lipinski definition) is 2. The molecule has 0 fully saturated rings. The minimum absolute atomic E-state index is 0.0388. The van der Waals surface area contributed by atoms with E-state index in [1.807, 2.05) is 0 Å². The van der Waals surface area contributed by atoms with Crippen molar-refractivity contribution in [1.29, 1.82) is 0 Å². The maximum atomic E-state index is 12.6. The van der Waals surface area contributed by atoms with Crippen molar-refractivity contribution in [2.24, 2.45) is 5.10 Å². The number of aryl methyl sites for hydroxylation is 1. The van der Waals surface area contributed by atoms with Gasteiger partial charge in [-0.15, -0.1) is 11.3 Å². The number of carbonyl (C=O) groups is 4. The molecule has 0 unspecified atom stereocenters. The predicted molar refractivity (Wildman–Crippen MR) is 143 cm³/mol. The van der Waals surface area contributed by atoms with Crippen LogP contribution in [0.4, 0.5) is 5.00 Å². The first kappa shape index (κ1) is 27.6. The quantitative estimate of drug-likeness (QED) is 0.139. The Labute approximate surface area is 228 Å². The van der Waals surface area contributed by atoms with E-state index in [1.54, 1.807) is 32.0 Å². The number of anilines is 1. The van der Waals surface area contributed by atoms with E-state index >= 15 is 0 Å². The summed E-state index contributed by atoms with van der Waals surface area (Å²) < 4.78 is 20.9. The molecule has 204 valence electrons. The molecule has 0 spiro atoms. The summed E-state index contributed by atoms with van der Waals surface area (Å²) in [5, 5.41) is 6.85. The van der Waals surface area contributed by atoms with Gasteiger partial charge in [-0.2, -0.15) is 5.10 Å². The largest absolute Gasteiger partial charge is 0.493 e. The molecule has 0 radical (unpaired) electrons. The lowest BCUT2D eigenvalue weighted by molar-refractivity contribution is -0.136. The van der Waals surface area contributed by atoms with E-state index < -0.39 is 23.8 Å². The number of hydrogen-bond acceptors (Lipinski definition) is 10. The summed E-state index contributed by atoms with van der Waals surface area (Å²) >= 11 is 1.29. The molecule has 0 aliphatic heterocycles.